The second kappa shape index (κ2) is 8.51. The average molecular weight is 406 g/mol. The zero-order valence-electron chi connectivity index (χ0n) is 14.6. The van der Waals surface area contributed by atoms with E-state index in [9.17, 15) is 18.5 Å². The highest BCUT2D eigenvalue weighted by Gasteiger charge is 2.32. The van der Waals surface area contributed by atoms with Crippen LogP contribution in [0.15, 0.2) is 23.1 Å². The van der Waals surface area contributed by atoms with Crippen molar-refractivity contribution in [3.63, 3.8) is 0 Å². The first-order valence-corrected chi connectivity index (χ1v) is 9.92. The van der Waals surface area contributed by atoms with Crippen molar-refractivity contribution >= 4 is 28.1 Å². The van der Waals surface area contributed by atoms with Crippen molar-refractivity contribution in [3.8, 4) is 5.75 Å². The number of rotatable bonds is 7. The number of nitro benzene ring substituents is 1. The Morgan fingerprint density at radius 2 is 1.92 bits per heavy atom. The molecule has 0 amide bonds. The van der Waals surface area contributed by atoms with Crippen LogP contribution in [0.4, 0.5) is 5.69 Å². The Labute approximate surface area is 159 Å². The fourth-order valence-electron chi connectivity index (χ4n) is 3.08. The number of non-ortho nitro benzene ring substituents is 1. The lowest BCUT2D eigenvalue weighted by atomic mass is 10.1. The van der Waals surface area contributed by atoms with Crippen LogP contribution in [0.1, 0.15) is 25.7 Å². The van der Waals surface area contributed by atoms with Gasteiger partial charge in [-0.05, 0) is 44.2 Å². The van der Waals surface area contributed by atoms with Gasteiger partial charge >= 0.3 is 0 Å². The second-order valence-corrected chi connectivity index (χ2v) is 8.53. The van der Waals surface area contributed by atoms with Gasteiger partial charge in [-0.2, -0.15) is 4.31 Å². The van der Waals surface area contributed by atoms with Gasteiger partial charge in [-0.15, -0.1) is 12.4 Å². The van der Waals surface area contributed by atoms with Crippen LogP contribution in [-0.2, 0) is 10.0 Å². The molecule has 1 aromatic carbocycles. The molecular weight excluding hydrogens is 382 g/mol. The van der Waals surface area contributed by atoms with Crippen LogP contribution in [0, 0.1) is 16.0 Å². The zero-order valence-corrected chi connectivity index (χ0v) is 16.2. The Morgan fingerprint density at radius 3 is 2.46 bits per heavy atom. The maximum absolute atomic E-state index is 12.9. The summed E-state index contributed by atoms with van der Waals surface area (Å²) < 4.78 is 32.3. The van der Waals surface area contributed by atoms with E-state index in [1.165, 1.54) is 36.4 Å². The molecule has 0 atom stereocenters. The Morgan fingerprint density at radius 1 is 1.27 bits per heavy atom. The number of sulfonamides is 1. The third-order valence-electron chi connectivity index (χ3n) is 4.82. The number of benzene rings is 1. The summed E-state index contributed by atoms with van der Waals surface area (Å²) in [7, 11) is -2.42. The first kappa shape index (κ1) is 20.9. The van der Waals surface area contributed by atoms with Gasteiger partial charge in [0.1, 0.15) is 10.6 Å². The number of hydrogen-bond acceptors (Lipinski definition) is 6. The van der Waals surface area contributed by atoms with Gasteiger partial charge in [0.2, 0.25) is 10.0 Å². The molecule has 2 fully saturated rings. The molecule has 1 aliphatic carbocycles. The molecule has 2 aliphatic rings. The molecule has 0 radical (unpaired) electrons. The topological polar surface area (TPSA) is 102 Å². The van der Waals surface area contributed by atoms with Gasteiger partial charge in [0.05, 0.1) is 18.1 Å². The molecule has 1 aliphatic heterocycles. The fourth-order valence-corrected chi connectivity index (χ4v) is 4.68. The van der Waals surface area contributed by atoms with E-state index in [0.717, 1.165) is 31.4 Å². The highest BCUT2D eigenvalue weighted by Crippen LogP contribution is 2.32. The number of ether oxygens (including phenoxy) is 1. The summed E-state index contributed by atoms with van der Waals surface area (Å²) in [6, 6.07) is 3.95. The number of nitro groups is 1. The smallest absolute Gasteiger partial charge is 0.273 e. The number of halogens is 1. The minimum atomic E-state index is -3.73. The summed E-state index contributed by atoms with van der Waals surface area (Å²) in [4.78, 5) is 10.3. The van der Waals surface area contributed by atoms with Gasteiger partial charge in [0.25, 0.3) is 5.69 Å². The molecular formula is C16H24ClN3O5S. The van der Waals surface area contributed by atoms with Gasteiger partial charge < -0.3 is 10.1 Å². The maximum atomic E-state index is 12.9. The van der Waals surface area contributed by atoms with E-state index in [0.29, 0.717) is 19.1 Å². The van der Waals surface area contributed by atoms with E-state index >= 15 is 0 Å². The molecule has 8 nitrogen and oxygen atoms in total. The highest BCUT2D eigenvalue weighted by atomic mass is 35.5. The molecule has 1 N–H and O–H groups in total. The second-order valence-electron chi connectivity index (χ2n) is 6.62. The Kier molecular flexibility index (Phi) is 6.84. The number of nitrogens with one attached hydrogen (secondary N) is 1. The van der Waals surface area contributed by atoms with E-state index in [1.54, 1.807) is 0 Å². The van der Waals surface area contributed by atoms with Crippen LogP contribution >= 0.6 is 12.4 Å². The largest absolute Gasteiger partial charge is 0.495 e. The number of methoxy groups -OCH3 is 1. The lowest BCUT2D eigenvalue weighted by Gasteiger charge is -2.32. The molecule has 1 heterocycles. The summed E-state index contributed by atoms with van der Waals surface area (Å²) in [5, 5.41) is 14.4. The molecule has 3 rings (SSSR count). The molecule has 10 heteroatoms. The molecule has 1 saturated heterocycles. The predicted octanol–water partition coefficient (Wildman–Crippen LogP) is 2.18. The van der Waals surface area contributed by atoms with Crippen LogP contribution in [0.2, 0.25) is 0 Å². The first-order valence-electron chi connectivity index (χ1n) is 8.48. The van der Waals surface area contributed by atoms with Crippen molar-refractivity contribution in [2.45, 2.75) is 36.6 Å². The quantitative estimate of drug-likeness (QED) is 0.551. The normalized spacial score (nSPS) is 19.0. The third kappa shape index (κ3) is 4.64. The van der Waals surface area contributed by atoms with Crippen molar-refractivity contribution in [2.75, 3.05) is 26.7 Å². The van der Waals surface area contributed by atoms with Gasteiger partial charge in [-0.1, -0.05) is 0 Å². The fraction of sp³-hybridized carbons (Fsp3) is 0.625. The molecule has 1 saturated carbocycles. The highest BCUT2D eigenvalue weighted by molar-refractivity contribution is 7.89. The Hall–Kier alpha value is -1.42. The molecule has 0 bridgehead atoms. The summed E-state index contributed by atoms with van der Waals surface area (Å²) >= 11 is 0. The van der Waals surface area contributed by atoms with Gasteiger partial charge in [-0.3, -0.25) is 10.1 Å². The van der Waals surface area contributed by atoms with E-state index in [-0.39, 0.29) is 28.7 Å². The minimum absolute atomic E-state index is 0. The van der Waals surface area contributed by atoms with Crippen molar-refractivity contribution < 1.29 is 18.1 Å². The monoisotopic (exact) mass is 405 g/mol. The van der Waals surface area contributed by atoms with E-state index < -0.39 is 14.9 Å². The molecule has 1 aromatic rings. The van der Waals surface area contributed by atoms with Crippen LogP contribution in [0.3, 0.4) is 0 Å². The first-order chi connectivity index (χ1) is 11.9. The van der Waals surface area contributed by atoms with Gasteiger partial charge in [0, 0.05) is 25.2 Å². The predicted molar refractivity (Wildman–Crippen MR) is 99.4 cm³/mol. The van der Waals surface area contributed by atoms with Crippen LogP contribution in [-0.4, -0.2) is 50.4 Å². The summed E-state index contributed by atoms with van der Waals surface area (Å²) in [6.07, 6.45) is 4.11. The SMILES string of the molecule is COc1cc([N+](=O)[O-])ccc1S(=O)(=O)N1CCC(NCC2CC2)CC1.Cl. The molecule has 146 valence electrons. The Balaban J connectivity index is 0.00000243. The van der Waals surface area contributed by atoms with Crippen molar-refractivity contribution in [2.24, 2.45) is 5.92 Å². The average Bonchev–Trinajstić information content (AvgIpc) is 3.44. The minimum Gasteiger partial charge on any atom is -0.495 e. The third-order valence-corrected chi connectivity index (χ3v) is 6.76. The van der Waals surface area contributed by atoms with Crippen molar-refractivity contribution in [1.29, 1.82) is 0 Å². The van der Waals surface area contributed by atoms with Gasteiger partial charge in [0.15, 0.2) is 0 Å². The number of nitrogens with zero attached hydrogens (tertiary/aromatic N) is 2. The van der Waals surface area contributed by atoms with Crippen molar-refractivity contribution in [3.05, 3.63) is 28.3 Å². The Bertz CT molecular complexity index is 746. The lowest BCUT2D eigenvalue weighted by molar-refractivity contribution is -0.385. The molecule has 0 aromatic heterocycles. The lowest BCUT2D eigenvalue weighted by Crippen LogP contribution is -2.45. The standard InChI is InChI=1S/C16H23N3O5S.ClH/c1-24-15-10-14(19(20)21)4-5-16(15)25(22,23)18-8-6-13(7-9-18)17-11-12-2-3-12;/h4-5,10,12-13,17H,2-3,6-9,11H2,1H3;1H. The van der Waals surface area contributed by atoms with Crippen LogP contribution in [0.5, 0.6) is 5.75 Å². The molecule has 26 heavy (non-hydrogen) atoms. The van der Waals surface area contributed by atoms with Crippen LogP contribution in [0.25, 0.3) is 0 Å². The number of piperidine rings is 1. The van der Waals surface area contributed by atoms with E-state index in [4.69, 9.17) is 4.74 Å². The van der Waals surface area contributed by atoms with Gasteiger partial charge in [-0.25, -0.2) is 8.42 Å². The van der Waals surface area contributed by atoms with Crippen molar-refractivity contribution in [1.82, 2.24) is 9.62 Å². The van der Waals surface area contributed by atoms with Crippen LogP contribution < -0.4 is 10.1 Å². The zero-order chi connectivity index (χ0) is 18.0. The molecule has 0 unspecified atom stereocenters. The summed E-state index contributed by atoms with van der Waals surface area (Å²) in [5.74, 6) is 0.800. The summed E-state index contributed by atoms with van der Waals surface area (Å²) in [5.41, 5.74) is -0.196. The van der Waals surface area contributed by atoms with E-state index in [1.807, 2.05) is 0 Å². The number of hydrogen-bond donors (Lipinski definition) is 1. The maximum Gasteiger partial charge on any atom is 0.273 e. The summed E-state index contributed by atoms with van der Waals surface area (Å²) in [6.45, 7) is 1.89. The molecule has 0 spiro atoms. The van der Waals surface area contributed by atoms with E-state index in [2.05, 4.69) is 5.32 Å².